The van der Waals surface area contributed by atoms with E-state index in [4.69, 9.17) is 9.47 Å². The number of hydrogen-bond acceptors (Lipinski definition) is 4. The molecule has 0 aliphatic carbocycles. The van der Waals surface area contributed by atoms with Crippen LogP contribution in [0.3, 0.4) is 0 Å². The first-order chi connectivity index (χ1) is 7.56. The third-order valence-corrected chi connectivity index (χ3v) is 3.37. The molecule has 0 bridgehead atoms. The molecular weight excluding hydrogens is 206 g/mol. The molecule has 0 aromatic carbocycles. The van der Waals surface area contributed by atoms with Crippen molar-refractivity contribution < 1.29 is 14.3 Å². The molecule has 16 heavy (non-hydrogen) atoms. The molecular formula is C12H23NO3. The van der Waals surface area contributed by atoms with E-state index in [-0.39, 0.29) is 30.1 Å². The van der Waals surface area contributed by atoms with Crippen LogP contribution in [-0.2, 0) is 14.3 Å². The van der Waals surface area contributed by atoms with E-state index in [0.29, 0.717) is 0 Å². The maximum atomic E-state index is 11.4. The zero-order valence-electron chi connectivity index (χ0n) is 10.7. The molecule has 0 radical (unpaired) electrons. The van der Waals surface area contributed by atoms with Crippen LogP contribution in [0.4, 0.5) is 0 Å². The van der Waals surface area contributed by atoms with Crippen molar-refractivity contribution in [3.63, 3.8) is 0 Å². The predicted octanol–water partition coefficient (Wildman–Crippen LogP) is 1.34. The number of carbonyl (C=O) groups is 1. The molecule has 1 aliphatic heterocycles. The van der Waals surface area contributed by atoms with E-state index in [0.717, 1.165) is 19.4 Å². The minimum atomic E-state index is -0.167. The van der Waals surface area contributed by atoms with Gasteiger partial charge in [0, 0.05) is 18.7 Å². The minimum absolute atomic E-state index is 0.103. The molecule has 4 unspecified atom stereocenters. The SMILES string of the molecule is COC(=O)C(C)C(C)NC(C)C1CCCO1. The number of carbonyl (C=O) groups excluding carboxylic acids is 1. The lowest BCUT2D eigenvalue weighted by atomic mass is 10.0. The third kappa shape index (κ3) is 3.46. The van der Waals surface area contributed by atoms with Crippen molar-refractivity contribution in [2.24, 2.45) is 5.92 Å². The van der Waals surface area contributed by atoms with Crippen LogP contribution in [0.15, 0.2) is 0 Å². The van der Waals surface area contributed by atoms with Crippen molar-refractivity contribution in [3.05, 3.63) is 0 Å². The lowest BCUT2D eigenvalue weighted by Crippen LogP contribution is -2.46. The van der Waals surface area contributed by atoms with E-state index >= 15 is 0 Å². The van der Waals surface area contributed by atoms with E-state index in [1.807, 2.05) is 13.8 Å². The third-order valence-electron chi connectivity index (χ3n) is 3.37. The molecule has 0 aromatic rings. The minimum Gasteiger partial charge on any atom is -0.469 e. The lowest BCUT2D eigenvalue weighted by Gasteiger charge is -2.27. The molecule has 1 aliphatic rings. The summed E-state index contributed by atoms with van der Waals surface area (Å²) in [5, 5.41) is 3.41. The molecule has 0 aromatic heterocycles. The Hall–Kier alpha value is -0.610. The summed E-state index contributed by atoms with van der Waals surface area (Å²) in [7, 11) is 1.43. The van der Waals surface area contributed by atoms with Crippen molar-refractivity contribution in [3.8, 4) is 0 Å². The highest BCUT2D eigenvalue weighted by Gasteiger charge is 2.27. The fraction of sp³-hybridized carbons (Fsp3) is 0.917. The smallest absolute Gasteiger partial charge is 0.309 e. The van der Waals surface area contributed by atoms with Gasteiger partial charge in [0.2, 0.25) is 0 Å². The van der Waals surface area contributed by atoms with E-state index < -0.39 is 0 Å². The molecule has 4 nitrogen and oxygen atoms in total. The van der Waals surface area contributed by atoms with Gasteiger partial charge < -0.3 is 14.8 Å². The number of nitrogens with one attached hydrogen (secondary N) is 1. The molecule has 0 amide bonds. The molecule has 94 valence electrons. The highest BCUT2D eigenvalue weighted by molar-refractivity contribution is 5.72. The highest BCUT2D eigenvalue weighted by atomic mass is 16.5. The van der Waals surface area contributed by atoms with E-state index in [2.05, 4.69) is 12.2 Å². The van der Waals surface area contributed by atoms with E-state index in [1.54, 1.807) is 0 Å². The van der Waals surface area contributed by atoms with Gasteiger partial charge in [0.05, 0.1) is 19.1 Å². The van der Waals surface area contributed by atoms with E-state index in [9.17, 15) is 4.79 Å². The van der Waals surface area contributed by atoms with Crippen LogP contribution in [0.1, 0.15) is 33.6 Å². The number of ether oxygens (including phenoxy) is 2. The summed E-state index contributed by atoms with van der Waals surface area (Å²) in [4.78, 5) is 11.4. The average molecular weight is 229 g/mol. The first-order valence-electron chi connectivity index (χ1n) is 6.01. The van der Waals surface area contributed by atoms with Gasteiger partial charge in [-0.25, -0.2) is 0 Å². The first-order valence-corrected chi connectivity index (χ1v) is 6.01. The normalized spacial score (nSPS) is 26.1. The second kappa shape index (κ2) is 6.21. The maximum absolute atomic E-state index is 11.4. The molecule has 1 heterocycles. The van der Waals surface area contributed by atoms with Crippen LogP contribution in [-0.4, -0.2) is 37.9 Å². The zero-order chi connectivity index (χ0) is 12.1. The maximum Gasteiger partial charge on any atom is 0.309 e. The van der Waals surface area contributed by atoms with Gasteiger partial charge in [-0.1, -0.05) is 6.92 Å². The fourth-order valence-electron chi connectivity index (χ4n) is 2.05. The number of esters is 1. The second-order valence-corrected chi connectivity index (χ2v) is 4.61. The van der Waals surface area contributed by atoms with Gasteiger partial charge in [-0.15, -0.1) is 0 Å². The summed E-state index contributed by atoms with van der Waals surface area (Å²) < 4.78 is 10.3. The Morgan fingerprint density at radius 1 is 1.44 bits per heavy atom. The topological polar surface area (TPSA) is 47.6 Å². The van der Waals surface area contributed by atoms with Crippen LogP contribution < -0.4 is 5.32 Å². The van der Waals surface area contributed by atoms with E-state index in [1.165, 1.54) is 7.11 Å². The van der Waals surface area contributed by atoms with Crippen molar-refractivity contribution in [2.75, 3.05) is 13.7 Å². The van der Waals surface area contributed by atoms with Gasteiger partial charge in [0.25, 0.3) is 0 Å². The fourth-order valence-corrected chi connectivity index (χ4v) is 2.05. The number of hydrogen-bond donors (Lipinski definition) is 1. The summed E-state index contributed by atoms with van der Waals surface area (Å²) in [5.41, 5.74) is 0. The Balaban J connectivity index is 2.37. The molecule has 4 heteroatoms. The first kappa shape index (κ1) is 13.5. The number of rotatable bonds is 5. The number of methoxy groups -OCH3 is 1. The van der Waals surface area contributed by atoms with Gasteiger partial charge in [-0.05, 0) is 26.7 Å². The van der Waals surface area contributed by atoms with Crippen LogP contribution in [0, 0.1) is 5.92 Å². The van der Waals surface area contributed by atoms with Gasteiger partial charge in [0.15, 0.2) is 0 Å². The van der Waals surface area contributed by atoms with Gasteiger partial charge in [0.1, 0.15) is 0 Å². The second-order valence-electron chi connectivity index (χ2n) is 4.61. The Kier molecular flexibility index (Phi) is 5.22. The summed E-state index contributed by atoms with van der Waals surface area (Å²) in [5.74, 6) is -0.298. The Labute approximate surface area is 97.7 Å². The lowest BCUT2D eigenvalue weighted by molar-refractivity contribution is -0.145. The van der Waals surface area contributed by atoms with Crippen molar-refractivity contribution in [1.82, 2.24) is 5.32 Å². The highest BCUT2D eigenvalue weighted by Crippen LogP contribution is 2.16. The summed E-state index contributed by atoms with van der Waals surface area (Å²) in [6.07, 6.45) is 2.53. The van der Waals surface area contributed by atoms with Crippen molar-refractivity contribution in [1.29, 1.82) is 0 Å². The Morgan fingerprint density at radius 2 is 2.12 bits per heavy atom. The molecule has 0 saturated carbocycles. The molecule has 4 atom stereocenters. The monoisotopic (exact) mass is 229 g/mol. The molecule has 1 rings (SSSR count). The van der Waals surface area contributed by atoms with Crippen LogP contribution >= 0.6 is 0 Å². The van der Waals surface area contributed by atoms with Crippen LogP contribution in [0.25, 0.3) is 0 Å². The summed E-state index contributed by atoms with van der Waals surface area (Å²) in [6.45, 7) is 6.85. The molecule has 1 fully saturated rings. The predicted molar refractivity (Wildman–Crippen MR) is 62.2 cm³/mol. The molecule has 0 spiro atoms. The van der Waals surface area contributed by atoms with Gasteiger partial charge in [-0.2, -0.15) is 0 Å². The Bertz CT molecular complexity index is 226. The Morgan fingerprint density at radius 3 is 2.62 bits per heavy atom. The van der Waals surface area contributed by atoms with Crippen LogP contribution in [0.2, 0.25) is 0 Å². The molecule has 1 N–H and O–H groups in total. The van der Waals surface area contributed by atoms with Gasteiger partial charge >= 0.3 is 5.97 Å². The standard InChI is InChI=1S/C12H23NO3/c1-8(12(14)15-4)9(2)13-10(3)11-6-5-7-16-11/h8-11,13H,5-7H2,1-4H3. The average Bonchev–Trinajstić information content (AvgIpc) is 2.80. The zero-order valence-corrected chi connectivity index (χ0v) is 10.7. The van der Waals surface area contributed by atoms with Crippen molar-refractivity contribution >= 4 is 5.97 Å². The largest absolute Gasteiger partial charge is 0.469 e. The quantitative estimate of drug-likeness (QED) is 0.723. The van der Waals surface area contributed by atoms with Crippen LogP contribution in [0.5, 0.6) is 0 Å². The molecule has 1 saturated heterocycles. The van der Waals surface area contributed by atoms with Gasteiger partial charge in [-0.3, -0.25) is 4.79 Å². The summed E-state index contributed by atoms with van der Waals surface area (Å²) in [6, 6.07) is 0.385. The van der Waals surface area contributed by atoms with Crippen molar-refractivity contribution in [2.45, 2.75) is 51.8 Å². The summed E-state index contributed by atoms with van der Waals surface area (Å²) >= 11 is 0.